The molecular formula is C22H19F3N4. The van der Waals surface area contributed by atoms with Crippen molar-refractivity contribution in [3.05, 3.63) is 66.4 Å². The Labute approximate surface area is 165 Å². The van der Waals surface area contributed by atoms with E-state index in [0.717, 1.165) is 45.9 Å². The number of pyridine rings is 1. The minimum absolute atomic E-state index is 0.273. The highest BCUT2D eigenvalue weighted by Crippen LogP contribution is 2.31. The van der Waals surface area contributed by atoms with Gasteiger partial charge in [-0.3, -0.25) is 4.98 Å². The maximum Gasteiger partial charge on any atom is 0.416 e. The number of aromatic amines is 1. The van der Waals surface area contributed by atoms with Crippen LogP contribution in [0.3, 0.4) is 0 Å². The van der Waals surface area contributed by atoms with Crippen LogP contribution in [0.2, 0.25) is 0 Å². The van der Waals surface area contributed by atoms with Gasteiger partial charge in [-0.2, -0.15) is 13.2 Å². The van der Waals surface area contributed by atoms with Gasteiger partial charge < -0.3 is 10.3 Å². The number of hydrogen-bond donors (Lipinski definition) is 2. The molecule has 0 bridgehead atoms. The minimum Gasteiger partial charge on any atom is -0.354 e. The van der Waals surface area contributed by atoms with E-state index in [1.54, 1.807) is 6.20 Å². The van der Waals surface area contributed by atoms with E-state index in [2.05, 4.69) is 20.3 Å². The van der Waals surface area contributed by atoms with Gasteiger partial charge in [-0.1, -0.05) is 24.3 Å². The highest BCUT2D eigenvalue weighted by atomic mass is 19.4. The smallest absolute Gasteiger partial charge is 0.354 e. The first-order valence-corrected chi connectivity index (χ1v) is 9.20. The van der Waals surface area contributed by atoms with Crippen LogP contribution in [-0.2, 0) is 6.18 Å². The number of alkyl halides is 3. The highest BCUT2D eigenvalue weighted by Gasteiger charge is 2.29. The van der Waals surface area contributed by atoms with E-state index in [4.69, 9.17) is 0 Å². The molecule has 0 saturated heterocycles. The van der Waals surface area contributed by atoms with Crippen molar-refractivity contribution in [1.82, 2.24) is 15.0 Å². The summed E-state index contributed by atoms with van der Waals surface area (Å²) in [6, 6.07) is 14.9. The molecule has 0 saturated carbocycles. The average Bonchev–Trinajstić information content (AvgIpc) is 3.08. The lowest BCUT2D eigenvalue weighted by molar-refractivity contribution is -0.137. The van der Waals surface area contributed by atoms with Gasteiger partial charge in [0, 0.05) is 23.4 Å². The Morgan fingerprint density at radius 3 is 2.21 bits per heavy atom. The predicted molar refractivity (Wildman–Crippen MR) is 109 cm³/mol. The number of halogens is 3. The number of nitrogens with one attached hydrogen (secondary N) is 2. The van der Waals surface area contributed by atoms with Crippen LogP contribution in [0.4, 0.5) is 19.1 Å². The monoisotopic (exact) mass is 396 g/mol. The van der Waals surface area contributed by atoms with Gasteiger partial charge in [-0.05, 0) is 49.7 Å². The minimum atomic E-state index is -4.34. The number of rotatable bonds is 4. The number of fused-ring (bicyclic) bond motifs is 1. The van der Waals surface area contributed by atoms with E-state index in [1.165, 1.54) is 12.1 Å². The second kappa shape index (κ2) is 7.24. The molecule has 29 heavy (non-hydrogen) atoms. The molecule has 0 fully saturated rings. The summed E-state index contributed by atoms with van der Waals surface area (Å²) in [6.45, 7) is 4.08. The van der Waals surface area contributed by atoms with Gasteiger partial charge >= 0.3 is 6.18 Å². The highest BCUT2D eigenvalue weighted by molar-refractivity contribution is 5.83. The lowest BCUT2D eigenvalue weighted by Crippen LogP contribution is -2.10. The van der Waals surface area contributed by atoms with E-state index in [1.807, 2.05) is 44.2 Å². The number of hydrogen-bond acceptors (Lipinski definition) is 3. The lowest BCUT2D eigenvalue weighted by atomic mass is 10.0. The zero-order chi connectivity index (χ0) is 20.6. The Kier molecular flexibility index (Phi) is 4.74. The van der Waals surface area contributed by atoms with Crippen LogP contribution in [0.1, 0.15) is 19.4 Å². The summed E-state index contributed by atoms with van der Waals surface area (Å²) in [7, 11) is 0. The van der Waals surface area contributed by atoms with Crippen LogP contribution in [0, 0.1) is 0 Å². The predicted octanol–water partition coefficient (Wildman–Crippen LogP) is 6.13. The average molecular weight is 396 g/mol. The van der Waals surface area contributed by atoms with Crippen molar-refractivity contribution in [2.45, 2.75) is 26.1 Å². The molecule has 4 nitrogen and oxygen atoms in total. The Bertz CT molecular complexity index is 1130. The van der Waals surface area contributed by atoms with E-state index >= 15 is 0 Å². The molecule has 148 valence electrons. The molecule has 4 aromatic rings. The molecule has 0 spiro atoms. The number of H-pyrrole nitrogens is 1. The summed E-state index contributed by atoms with van der Waals surface area (Å²) in [5.41, 5.74) is 4.22. The zero-order valence-corrected chi connectivity index (χ0v) is 15.9. The van der Waals surface area contributed by atoms with E-state index in [-0.39, 0.29) is 6.04 Å². The molecule has 2 aromatic heterocycles. The van der Waals surface area contributed by atoms with Gasteiger partial charge in [0.05, 0.1) is 22.3 Å². The van der Waals surface area contributed by atoms with Gasteiger partial charge in [-0.25, -0.2) is 4.98 Å². The second-order valence-electron chi connectivity index (χ2n) is 7.12. The molecule has 2 aromatic carbocycles. The van der Waals surface area contributed by atoms with E-state index in [9.17, 15) is 13.2 Å². The Balaban J connectivity index is 1.58. The molecule has 7 heteroatoms. The van der Waals surface area contributed by atoms with Crippen molar-refractivity contribution < 1.29 is 13.2 Å². The topological polar surface area (TPSA) is 53.6 Å². The van der Waals surface area contributed by atoms with Crippen molar-refractivity contribution in [2.24, 2.45) is 0 Å². The third-order valence-electron chi connectivity index (χ3n) is 4.51. The van der Waals surface area contributed by atoms with Gasteiger partial charge in [-0.15, -0.1) is 0 Å². The largest absolute Gasteiger partial charge is 0.416 e. The van der Waals surface area contributed by atoms with Gasteiger partial charge in [0.1, 0.15) is 0 Å². The summed E-state index contributed by atoms with van der Waals surface area (Å²) < 4.78 is 38.1. The molecule has 0 aliphatic rings. The fourth-order valence-electron chi connectivity index (χ4n) is 3.09. The molecule has 2 N–H and O–H groups in total. The lowest BCUT2D eigenvalue weighted by Gasteiger charge is -2.08. The second-order valence-corrected chi connectivity index (χ2v) is 7.12. The van der Waals surface area contributed by atoms with Crippen LogP contribution >= 0.6 is 0 Å². The number of anilines is 1. The van der Waals surface area contributed by atoms with Crippen LogP contribution in [0.15, 0.2) is 60.8 Å². The first kappa shape index (κ1) is 19.0. The maximum absolute atomic E-state index is 12.7. The number of benzene rings is 2. The normalized spacial score (nSPS) is 11.9. The number of nitrogens with zero attached hydrogens (tertiary/aromatic N) is 2. The molecule has 0 aliphatic carbocycles. The Morgan fingerprint density at radius 2 is 1.59 bits per heavy atom. The van der Waals surface area contributed by atoms with Gasteiger partial charge in [0.25, 0.3) is 0 Å². The first-order chi connectivity index (χ1) is 13.8. The summed E-state index contributed by atoms with van der Waals surface area (Å²) in [5.74, 6) is 0.720. The van der Waals surface area contributed by atoms with Crippen molar-refractivity contribution in [1.29, 1.82) is 0 Å². The van der Waals surface area contributed by atoms with Crippen LogP contribution in [0.5, 0.6) is 0 Å². The molecule has 4 rings (SSSR count). The molecule has 0 aliphatic heterocycles. The Hall–Kier alpha value is -3.35. The third-order valence-corrected chi connectivity index (χ3v) is 4.51. The summed E-state index contributed by atoms with van der Waals surface area (Å²) in [4.78, 5) is 12.3. The van der Waals surface area contributed by atoms with Crippen LogP contribution in [-0.4, -0.2) is 21.0 Å². The number of imidazole rings is 1. The Morgan fingerprint density at radius 1 is 0.897 bits per heavy atom. The van der Waals surface area contributed by atoms with Crippen LogP contribution in [0.25, 0.3) is 33.4 Å². The molecule has 2 heterocycles. The number of aromatic nitrogens is 3. The zero-order valence-electron chi connectivity index (χ0n) is 15.9. The van der Waals surface area contributed by atoms with Crippen LogP contribution < -0.4 is 5.32 Å². The quantitative estimate of drug-likeness (QED) is 0.436. The third kappa shape index (κ3) is 4.08. The molecule has 0 unspecified atom stereocenters. The molecular weight excluding hydrogens is 377 g/mol. The van der Waals surface area contributed by atoms with Crippen molar-refractivity contribution in [2.75, 3.05) is 5.32 Å². The standard InChI is InChI=1S/C22H19F3N4/c1-13(2)27-21-28-19-10-5-15(11-20(19)29-21)18-9-6-16(12-26-18)14-3-7-17(8-4-14)22(23,24)25/h3-13H,1-2H3,(H2,27,28,29). The van der Waals surface area contributed by atoms with Crippen molar-refractivity contribution >= 4 is 17.0 Å². The first-order valence-electron chi connectivity index (χ1n) is 9.20. The van der Waals surface area contributed by atoms with E-state index in [0.29, 0.717) is 5.56 Å². The maximum atomic E-state index is 12.7. The van der Waals surface area contributed by atoms with Gasteiger partial charge in [0.2, 0.25) is 5.95 Å². The summed E-state index contributed by atoms with van der Waals surface area (Å²) >= 11 is 0. The fraction of sp³-hybridized carbons (Fsp3) is 0.182. The fourth-order valence-corrected chi connectivity index (χ4v) is 3.09. The summed E-state index contributed by atoms with van der Waals surface area (Å²) in [5, 5.41) is 3.24. The summed E-state index contributed by atoms with van der Waals surface area (Å²) in [6.07, 6.45) is -2.67. The van der Waals surface area contributed by atoms with E-state index < -0.39 is 11.7 Å². The van der Waals surface area contributed by atoms with Crippen molar-refractivity contribution in [3.8, 4) is 22.4 Å². The molecule has 0 radical (unpaired) electrons. The SMILES string of the molecule is CC(C)Nc1nc2cc(-c3ccc(-c4ccc(C(F)(F)F)cc4)cn3)ccc2[nH]1. The van der Waals surface area contributed by atoms with Crippen molar-refractivity contribution in [3.63, 3.8) is 0 Å². The molecule has 0 amide bonds. The van der Waals surface area contributed by atoms with Gasteiger partial charge in [0.15, 0.2) is 0 Å². The molecule has 0 atom stereocenters.